The summed E-state index contributed by atoms with van der Waals surface area (Å²) in [5.74, 6) is -0.954. The van der Waals surface area contributed by atoms with E-state index < -0.39 is 23.2 Å². The number of nitrogens with one attached hydrogen (secondary N) is 2. The molecule has 0 atom stereocenters. The summed E-state index contributed by atoms with van der Waals surface area (Å²) in [4.78, 5) is 31.5. The van der Waals surface area contributed by atoms with Crippen LogP contribution in [0.15, 0.2) is 64.7 Å². The van der Waals surface area contributed by atoms with Crippen LogP contribution in [0.25, 0.3) is 16.7 Å². The molecule has 0 unspecified atom stereocenters. The number of anilines is 1. The van der Waals surface area contributed by atoms with E-state index in [0.717, 1.165) is 17.8 Å². The molecule has 2 heterocycles. The lowest BCUT2D eigenvalue weighted by Crippen LogP contribution is -2.18. The highest BCUT2D eigenvalue weighted by atomic mass is 35.5. The number of amides is 1. The molecular formula is C20H13ClF3N5O2S. The Hall–Kier alpha value is -3.31. The molecule has 2 aromatic heterocycles. The number of halogens is 4. The van der Waals surface area contributed by atoms with Crippen LogP contribution in [-0.2, 0) is 11.0 Å². The van der Waals surface area contributed by atoms with Gasteiger partial charge >= 0.3 is 6.18 Å². The van der Waals surface area contributed by atoms with Crippen LogP contribution in [0.5, 0.6) is 0 Å². The van der Waals surface area contributed by atoms with Gasteiger partial charge in [0.15, 0.2) is 10.8 Å². The molecule has 0 aliphatic heterocycles. The smallest absolute Gasteiger partial charge is 0.325 e. The van der Waals surface area contributed by atoms with Gasteiger partial charge in [-0.05, 0) is 30.3 Å². The second-order valence-electron chi connectivity index (χ2n) is 6.52. The van der Waals surface area contributed by atoms with E-state index in [1.165, 1.54) is 29.1 Å². The first-order valence-electron chi connectivity index (χ1n) is 9.05. The zero-order valence-electron chi connectivity index (χ0n) is 16.0. The standard InChI is InChI=1S/C20H13ClF3N5O2S/c21-11-4-3-5-12(8-11)29-17-13(9-25-29)18(31)28-19(27-17)32-10-16(30)26-15-7-2-1-6-14(15)20(22,23)24/h1-9H,10H2,(H,26,30)(H,27,28,31). The molecule has 0 saturated heterocycles. The summed E-state index contributed by atoms with van der Waals surface area (Å²) in [5.41, 5.74) is -0.920. The van der Waals surface area contributed by atoms with Gasteiger partial charge in [0, 0.05) is 5.02 Å². The number of benzene rings is 2. The van der Waals surface area contributed by atoms with Gasteiger partial charge in [0.2, 0.25) is 5.91 Å². The molecular weight excluding hydrogens is 467 g/mol. The van der Waals surface area contributed by atoms with Crippen molar-refractivity contribution < 1.29 is 18.0 Å². The molecule has 7 nitrogen and oxygen atoms in total. The third-order valence-corrected chi connectivity index (χ3v) is 5.42. The van der Waals surface area contributed by atoms with Crippen molar-refractivity contribution in [1.29, 1.82) is 0 Å². The molecule has 0 aliphatic rings. The Morgan fingerprint density at radius 2 is 1.97 bits per heavy atom. The number of carbonyl (C=O) groups is 1. The number of alkyl halides is 3. The van der Waals surface area contributed by atoms with Crippen LogP contribution in [-0.4, -0.2) is 31.4 Å². The summed E-state index contributed by atoms with van der Waals surface area (Å²) < 4.78 is 40.7. The van der Waals surface area contributed by atoms with Crippen molar-refractivity contribution in [3.8, 4) is 5.69 Å². The molecule has 2 aromatic carbocycles. The molecule has 32 heavy (non-hydrogen) atoms. The van der Waals surface area contributed by atoms with Gasteiger partial charge in [0.05, 0.1) is 28.9 Å². The van der Waals surface area contributed by atoms with Crippen molar-refractivity contribution in [2.45, 2.75) is 11.3 Å². The normalized spacial score (nSPS) is 11.6. The van der Waals surface area contributed by atoms with Crippen LogP contribution in [0.1, 0.15) is 5.56 Å². The van der Waals surface area contributed by atoms with Crippen LogP contribution in [0, 0.1) is 0 Å². The Bertz CT molecular complexity index is 1370. The summed E-state index contributed by atoms with van der Waals surface area (Å²) in [6, 6.07) is 11.5. The predicted molar refractivity (Wildman–Crippen MR) is 115 cm³/mol. The Balaban J connectivity index is 1.55. The highest BCUT2D eigenvalue weighted by Gasteiger charge is 2.33. The highest BCUT2D eigenvalue weighted by Crippen LogP contribution is 2.34. The largest absolute Gasteiger partial charge is 0.418 e. The molecule has 4 aromatic rings. The fourth-order valence-corrected chi connectivity index (χ4v) is 3.76. The van der Waals surface area contributed by atoms with E-state index in [9.17, 15) is 22.8 Å². The monoisotopic (exact) mass is 479 g/mol. The highest BCUT2D eigenvalue weighted by molar-refractivity contribution is 7.99. The van der Waals surface area contributed by atoms with E-state index in [2.05, 4.69) is 20.4 Å². The minimum atomic E-state index is -4.60. The van der Waals surface area contributed by atoms with E-state index in [4.69, 9.17) is 11.6 Å². The third-order valence-electron chi connectivity index (χ3n) is 4.32. The zero-order chi connectivity index (χ0) is 22.9. The van der Waals surface area contributed by atoms with Crippen LogP contribution in [0.4, 0.5) is 18.9 Å². The summed E-state index contributed by atoms with van der Waals surface area (Å²) in [6.07, 6.45) is -3.25. The Kier molecular flexibility index (Phi) is 5.94. The number of fused-ring (bicyclic) bond motifs is 1. The predicted octanol–water partition coefficient (Wildman–Crippen LogP) is 4.51. The minimum Gasteiger partial charge on any atom is -0.325 e. The second kappa shape index (κ2) is 8.67. The number of aromatic amines is 1. The molecule has 1 amide bonds. The van der Waals surface area contributed by atoms with Crippen LogP contribution < -0.4 is 10.9 Å². The maximum Gasteiger partial charge on any atom is 0.418 e. The number of hydrogen-bond donors (Lipinski definition) is 2. The number of H-pyrrole nitrogens is 1. The number of thioether (sulfide) groups is 1. The lowest BCUT2D eigenvalue weighted by Gasteiger charge is -2.13. The lowest BCUT2D eigenvalue weighted by molar-refractivity contribution is -0.137. The van der Waals surface area contributed by atoms with Crippen LogP contribution in [0.3, 0.4) is 0 Å². The van der Waals surface area contributed by atoms with Crippen molar-refractivity contribution in [1.82, 2.24) is 19.7 Å². The molecule has 0 bridgehead atoms. The Labute approximate surface area is 187 Å². The van der Waals surface area contributed by atoms with Crippen molar-refractivity contribution in [2.24, 2.45) is 0 Å². The number of carbonyl (C=O) groups excluding carboxylic acids is 1. The quantitative estimate of drug-likeness (QED) is 0.324. The first-order chi connectivity index (χ1) is 15.2. The lowest BCUT2D eigenvalue weighted by atomic mass is 10.1. The van der Waals surface area contributed by atoms with Gasteiger partial charge in [0.25, 0.3) is 5.56 Å². The van der Waals surface area contributed by atoms with Gasteiger partial charge in [0.1, 0.15) is 5.39 Å². The minimum absolute atomic E-state index is 0.116. The topological polar surface area (TPSA) is 92.7 Å². The van der Waals surface area contributed by atoms with Gasteiger partial charge in [-0.25, -0.2) is 9.67 Å². The molecule has 0 fully saturated rings. The van der Waals surface area contributed by atoms with Crippen molar-refractivity contribution >= 4 is 46.0 Å². The number of rotatable bonds is 5. The summed E-state index contributed by atoms with van der Waals surface area (Å²) in [5, 5.41) is 7.24. The molecule has 12 heteroatoms. The first kappa shape index (κ1) is 21.9. The zero-order valence-corrected chi connectivity index (χ0v) is 17.6. The van der Waals surface area contributed by atoms with Gasteiger partial charge in [-0.1, -0.05) is 41.6 Å². The van der Waals surface area contributed by atoms with E-state index in [0.29, 0.717) is 10.7 Å². The number of para-hydroxylation sites is 1. The summed E-state index contributed by atoms with van der Waals surface area (Å²) in [7, 11) is 0. The van der Waals surface area contributed by atoms with Crippen LogP contribution in [0.2, 0.25) is 5.02 Å². The Morgan fingerprint density at radius 3 is 2.72 bits per heavy atom. The van der Waals surface area contributed by atoms with Crippen molar-refractivity contribution in [2.75, 3.05) is 11.1 Å². The van der Waals surface area contributed by atoms with Gasteiger partial charge in [-0.2, -0.15) is 18.3 Å². The van der Waals surface area contributed by atoms with Gasteiger partial charge in [-0.3, -0.25) is 9.59 Å². The van der Waals surface area contributed by atoms with Crippen molar-refractivity contribution in [3.05, 3.63) is 75.7 Å². The molecule has 164 valence electrons. The molecule has 0 radical (unpaired) electrons. The van der Waals surface area contributed by atoms with E-state index in [1.54, 1.807) is 24.3 Å². The van der Waals surface area contributed by atoms with Gasteiger partial charge in [-0.15, -0.1) is 0 Å². The average Bonchev–Trinajstić information content (AvgIpc) is 3.16. The fourth-order valence-electron chi connectivity index (χ4n) is 2.92. The number of aromatic nitrogens is 4. The molecule has 2 N–H and O–H groups in total. The summed E-state index contributed by atoms with van der Waals surface area (Å²) in [6.45, 7) is 0. The van der Waals surface area contributed by atoms with Crippen molar-refractivity contribution in [3.63, 3.8) is 0 Å². The van der Waals surface area contributed by atoms with Gasteiger partial charge < -0.3 is 10.3 Å². The maximum absolute atomic E-state index is 13.1. The second-order valence-corrected chi connectivity index (χ2v) is 7.93. The average molecular weight is 480 g/mol. The van der Waals surface area contributed by atoms with E-state index in [1.807, 2.05) is 0 Å². The fraction of sp³-hybridized carbons (Fsp3) is 0.100. The number of hydrogen-bond acceptors (Lipinski definition) is 5. The summed E-state index contributed by atoms with van der Waals surface area (Å²) >= 11 is 6.89. The van der Waals surface area contributed by atoms with Crippen LogP contribution >= 0.6 is 23.4 Å². The molecule has 0 saturated carbocycles. The molecule has 4 rings (SSSR count). The van der Waals surface area contributed by atoms with E-state index >= 15 is 0 Å². The molecule has 0 aliphatic carbocycles. The first-order valence-corrected chi connectivity index (χ1v) is 10.4. The number of nitrogens with zero attached hydrogens (tertiary/aromatic N) is 3. The maximum atomic E-state index is 13.1. The molecule has 0 spiro atoms. The Morgan fingerprint density at radius 1 is 1.19 bits per heavy atom. The third kappa shape index (κ3) is 4.63. The van der Waals surface area contributed by atoms with E-state index in [-0.39, 0.29) is 27.6 Å². The SMILES string of the molecule is O=C(CSc1nc2c(cnn2-c2cccc(Cl)c2)c(=O)[nH]1)Nc1ccccc1C(F)(F)F.